The molecule has 1 aliphatic heterocycles. The van der Waals surface area contributed by atoms with Crippen LogP contribution in [0.5, 0.6) is 0 Å². The topological polar surface area (TPSA) is 30.3 Å². The van der Waals surface area contributed by atoms with Crippen molar-refractivity contribution >= 4 is 10.9 Å². The molecule has 0 unspecified atom stereocenters. The predicted molar refractivity (Wildman–Crippen MR) is 81.1 cm³/mol. The first kappa shape index (κ1) is 13.6. The first-order chi connectivity index (χ1) is 9.74. The Hall–Kier alpha value is -1.39. The van der Waals surface area contributed by atoms with Crippen molar-refractivity contribution in [1.82, 2.24) is 14.7 Å². The average molecular weight is 273 g/mol. The van der Waals surface area contributed by atoms with E-state index in [1.165, 1.54) is 16.5 Å². The molecule has 1 aliphatic rings. The van der Waals surface area contributed by atoms with Crippen LogP contribution in [-0.2, 0) is 11.3 Å². The van der Waals surface area contributed by atoms with Crippen LogP contribution in [0.25, 0.3) is 10.9 Å². The number of ether oxygens (including phenoxy) is 1. The van der Waals surface area contributed by atoms with Crippen molar-refractivity contribution in [2.24, 2.45) is 0 Å². The summed E-state index contributed by atoms with van der Waals surface area (Å²) in [6, 6.07) is 6.80. The van der Waals surface area contributed by atoms with Gasteiger partial charge in [0.25, 0.3) is 0 Å². The Morgan fingerprint density at radius 3 is 2.85 bits per heavy atom. The molecule has 2 heterocycles. The summed E-state index contributed by atoms with van der Waals surface area (Å²) in [7, 11) is 4.19. The van der Waals surface area contributed by atoms with E-state index in [9.17, 15) is 0 Å². The molecule has 1 fully saturated rings. The molecule has 1 saturated heterocycles. The minimum Gasteiger partial charge on any atom is -0.381 e. The normalized spacial score (nSPS) is 17.1. The minimum absolute atomic E-state index is 0.644. The van der Waals surface area contributed by atoms with Crippen LogP contribution in [0.3, 0.4) is 0 Å². The molecule has 0 amide bonds. The van der Waals surface area contributed by atoms with Crippen LogP contribution in [0, 0.1) is 0 Å². The van der Waals surface area contributed by atoms with Crippen molar-refractivity contribution < 1.29 is 4.74 Å². The molecule has 20 heavy (non-hydrogen) atoms. The lowest BCUT2D eigenvalue weighted by molar-refractivity contribution is 0.0853. The number of hydrogen-bond acceptors (Lipinski definition) is 3. The first-order valence-electron chi connectivity index (χ1n) is 7.42. The average Bonchev–Trinajstić information content (AvgIpc) is 2.88. The molecule has 4 nitrogen and oxygen atoms in total. The number of rotatable bonds is 4. The van der Waals surface area contributed by atoms with Crippen LogP contribution in [0.15, 0.2) is 24.4 Å². The number of likely N-dealkylation sites (N-methyl/N-ethyl adjacent to an activating group) is 1. The van der Waals surface area contributed by atoms with Crippen molar-refractivity contribution in [1.29, 1.82) is 0 Å². The summed E-state index contributed by atoms with van der Waals surface area (Å²) in [6.07, 6.45) is 4.24. The Labute approximate surface area is 120 Å². The maximum Gasteiger partial charge on any atom is 0.0685 e. The summed E-state index contributed by atoms with van der Waals surface area (Å²) in [5.41, 5.74) is 2.70. The molecule has 3 rings (SSSR count). The number of fused-ring (bicyclic) bond motifs is 1. The minimum atomic E-state index is 0.644. The van der Waals surface area contributed by atoms with Crippen molar-refractivity contribution in [3.63, 3.8) is 0 Å². The van der Waals surface area contributed by atoms with Gasteiger partial charge in [0.15, 0.2) is 0 Å². The van der Waals surface area contributed by atoms with E-state index < -0.39 is 0 Å². The van der Waals surface area contributed by atoms with E-state index in [2.05, 4.69) is 47.0 Å². The third-order valence-corrected chi connectivity index (χ3v) is 4.12. The van der Waals surface area contributed by atoms with Crippen molar-refractivity contribution in [3.8, 4) is 0 Å². The van der Waals surface area contributed by atoms with Gasteiger partial charge in [0.2, 0.25) is 0 Å². The molecule has 0 bridgehead atoms. The fraction of sp³-hybridized carbons (Fsp3) is 0.562. The summed E-state index contributed by atoms with van der Waals surface area (Å²) in [6.45, 7) is 3.73. The Balaban J connectivity index is 1.86. The zero-order chi connectivity index (χ0) is 13.9. The molecule has 0 radical (unpaired) electrons. The van der Waals surface area contributed by atoms with Crippen molar-refractivity contribution in [2.75, 3.05) is 33.9 Å². The van der Waals surface area contributed by atoms with Crippen LogP contribution in [-0.4, -0.2) is 48.5 Å². The summed E-state index contributed by atoms with van der Waals surface area (Å²) in [5, 5.41) is 5.75. The van der Waals surface area contributed by atoms with Crippen LogP contribution < -0.4 is 0 Å². The standard InChI is InChI=1S/C16H23N3O/c1-18(2)7-8-19-16-11-14(3-4-15(16)12-17-19)13-5-9-20-10-6-13/h3-4,11-13H,5-10H2,1-2H3. The smallest absolute Gasteiger partial charge is 0.0685 e. The highest BCUT2D eigenvalue weighted by Crippen LogP contribution is 2.29. The van der Waals surface area contributed by atoms with Gasteiger partial charge < -0.3 is 9.64 Å². The molecule has 4 heteroatoms. The zero-order valence-corrected chi connectivity index (χ0v) is 12.4. The summed E-state index contributed by atoms with van der Waals surface area (Å²) < 4.78 is 7.58. The Morgan fingerprint density at radius 1 is 1.30 bits per heavy atom. The van der Waals surface area contributed by atoms with E-state index in [1.807, 2.05) is 6.20 Å². The van der Waals surface area contributed by atoms with E-state index in [4.69, 9.17) is 4.74 Å². The van der Waals surface area contributed by atoms with Crippen LogP contribution >= 0.6 is 0 Å². The second-order valence-electron chi connectivity index (χ2n) is 5.88. The lowest BCUT2D eigenvalue weighted by atomic mass is 9.91. The van der Waals surface area contributed by atoms with Crippen LogP contribution in [0.2, 0.25) is 0 Å². The number of benzene rings is 1. The summed E-state index contributed by atoms with van der Waals surface area (Å²) in [4.78, 5) is 2.19. The van der Waals surface area contributed by atoms with E-state index in [0.29, 0.717) is 5.92 Å². The van der Waals surface area contributed by atoms with E-state index >= 15 is 0 Å². The molecule has 2 aromatic rings. The maximum atomic E-state index is 5.46. The van der Waals surface area contributed by atoms with E-state index in [1.54, 1.807) is 0 Å². The Bertz CT molecular complexity index is 570. The molecule has 0 spiro atoms. The quantitative estimate of drug-likeness (QED) is 0.857. The van der Waals surface area contributed by atoms with Gasteiger partial charge in [0, 0.05) is 25.1 Å². The van der Waals surface area contributed by atoms with Gasteiger partial charge in [0.1, 0.15) is 0 Å². The second-order valence-corrected chi connectivity index (χ2v) is 5.88. The number of aromatic nitrogens is 2. The first-order valence-corrected chi connectivity index (χ1v) is 7.42. The number of hydrogen-bond donors (Lipinski definition) is 0. The molecule has 108 valence electrons. The van der Waals surface area contributed by atoms with Gasteiger partial charge in [-0.1, -0.05) is 12.1 Å². The van der Waals surface area contributed by atoms with Gasteiger partial charge in [-0.05, 0) is 44.5 Å². The Kier molecular flexibility index (Phi) is 4.03. The SMILES string of the molecule is CN(C)CCn1ncc2ccc(C3CCOCC3)cc21. The van der Waals surface area contributed by atoms with Crippen molar-refractivity contribution in [2.45, 2.75) is 25.3 Å². The monoisotopic (exact) mass is 273 g/mol. The lowest BCUT2D eigenvalue weighted by Crippen LogP contribution is -2.19. The molecule has 0 aliphatic carbocycles. The fourth-order valence-electron chi connectivity index (χ4n) is 2.85. The van der Waals surface area contributed by atoms with Gasteiger partial charge in [-0.3, -0.25) is 4.68 Å². The third-order valence-electron chi connectivity index (χ3n) is 4.12. The van der Waals surface area contributed by atoms with Crippen LogP contribution in [0.4, 0.5) is 0 Å². The van der Waals surface area contributed by atoms with Gasteiger partial charge in [-0.15, -0.1) is 0 Å². The molecule has 1 aromatic heterocycles. The third kappa shape index (κ3) is 2.86. The Morgan fingerprint density at radius 2 is 2.10 bits per heavy atom. The summed E-state index contributed by atoms with van der Waals surface area (Å²) >= 11 is 0. The molecular weight excluding hydrogens is 250 g/mol. The highest BCUT2D eigenvalue weighted by Gasteiger charge is 2.16. The highest BCUT2D eigenvalue weighted by molar-refractivity contribution is 5.79. The second kappa shape index (κ2) is 5.94. The molecular formula is C16H23N3O. The molecule has 0 atom stereocenters. The van der Waals surface area contributed by atoms with E-state index in [0.717, 1.165) is 39.1 Å². The van der Waals surface area contributed by atoms with Crippen LogP contribution in [0.1, 0.15) is 24.3 Å². The van der Waals surface area contributed by atoms with Crippen molar-refractivity contribution in [3.05, 3.63) is 30.0 Å². The predicted octanol–water partition coefficient (Wildman–Crippen LogP) is 2.49. The highest BCUT2D eigenvalue weighted by atomic mass is 16.5. The largest absolute Gasteiger partial charge is 0.381 e. The zero-order valence-electron chi connectivity index (χ0n) is 12.4. The molecule has 0 saturated carbocycles. The summed E-state index contributed by atoms with van der Waals surface area (Å²) in [5.74, 6) is 0.644. The maximum absolute atomic E-state index is 5.46. The molecule has 0 N–H and O–H groups in total. The van der Waals surface area contributed by atoms with Gasteiger partial charge in [0.05, 0.1) is 18.3 Å². The lowest BCUT2D eigenvalue weighted by Gasteiger charge is -2.22. The molecule has 1 aromatic carbocycles. The fourth-order valence-corrected chi connectivity index (χ4v) is 2.85. The number of nitrogens with zero attached hydrogens (tertiary/aromatic N) is 3. The van der Waals surface area contributed by atoms with Gasteiger partial charge in [-0.25, -0.2) is 0 Å². The van der Waals surface area contributed by atoms with E-state index in [-0.39, 0.29) is 0 Å². The van der Waals surface area contributed by atoms with Gasteiger partial charge >= 0.3 is 0 Å². The van der Waals surface area contributed by atoms with Gasteiger partial charge in [-0.2, -0.15) is 5.10 Å².